The van der Waals surface area contributed by atoms with E-state index in [9.17, 15) is 0 Å². The Balaban J connectivity index is 2.07. The smallest absolute Gasteiger partial charge is 0.133 e. The van der Waals surface area contributed by atoms with Crippen molar-refractivity contribution in [2.45, 2.75) is 33.1 Å². The van der Waals surface area contributed by atoms with Crippen LogP contribution in [0.5, 0.6) is 5.75 Å². The Hall–Kier alpha value is -0.540. The predicted molar refractivity (Wildman–Crippen MR) is 80.4 cm³/mol. The van der Waals surface area contributed by atoms with Crippen molar-refractivity contribution in [3.05, 3.63) is 28.7 Å². The molecule has 0 spiro atoms. The van der Waals surface area contributed by atoms with Gasteiger partial charge in [-0.05, 0) is 61.2 Å². The summed E-state index contributed by atoms with van der Waals surface area (Å²) in [6, 6.07) is 8.02. The highest BCUT2D eigenvalue weighted by Crippen LogP contribution is 2.23. The number of quaternary nitrogens is 1. The van der Waals surface area contributed by atoms with Gasteiger partial charge < -0.3 is 9.64 Å². The van der Waals surface area contributed by atoms with Gasteiger partial charge in [-0.2, -0.15) is 0 Å². The average Bonchev–Trinajstić information content (AvgIpc) is 2.40. The Labute approximate surface area is 119 Å². The maximum Gasteiger partial charge on any atom is 0.133 e. The minimum atomic E-state index is 0.816. The minimum Gasteiger partial charge on any atom is -0.492 e. The molecule has 0 aromatic heterocycles. The molecule has 0 aliphatic carbocycles. The topological polar surface area (TPSA) is 13.7 Å². The van der Waals surface area contributed by atoms with Gasteiger partial charge in [0.15, 0.2) is 0 Å². The molecule has 0 radical (unpaired) electrons. The standard InChI is InChI=1S/C15H24BrNO/c1-3-17(4-2)12-8-5-9-13-18-15-11-7-6-10-14(15)16/h6-7,10-11H,3-5,8-9,12-13H2,1-2H3/p+1. The molecule has 2 nitrogen and oxygen atoms in total. The lowest BCUT2D eigenvalue weighted by Gasteiger charge is -2.15. The van der Waals surface area contributed by atoms with Gasteiger partial charge >= 0.3 is 0 Å². The van der Waals surface area contributed by atoms with E-state index in [4.69, 9.17) is 4.74 Å². The number of hydrogen-bond acceptors (Lipinski definition) is 1. The first kappa shape index (κ1) is 15.5. The number of halogens is 1. The Morgan fingerprint density at radius 2 is 1.78 bits per heavy atom. The first-order valence-electron chi connectivity index (χ1n) is 6.98. The van der Waals surface area contributed by atoms with Gasteiger partial charge in [-0.15, -0.1) is 0 Å². The second-order valence-electron chi connectivity index (χ2n) is 4.55. The van der Waals surface area contributed by atoms with Crippen molar-refractivity contribution >= 4 is 15.9 Å². The maximum atomic E-state index is 5.74. The van der Waals surface area contributed by atoms with E-state index in [0.717, 1.165) is 23.2 Å². The van der Waals surface area contributed by atoms with Gasteiger partial charge in [0.05, 0.1) is 30.7 Å². The highest BCUT2D eigenvalue weighted by atomic mass is 79.9. The van der Waals surface area contributed by atoms with Crippen molar-refractivity contribution in [3.63, 3.8) is 0 Å². The Kier molecular flexibility index (Phi) is 8.10. The molecule has 18 heavy (non-hydrogen) atoms. The van der Waals surface area contributed by atoms with Gasteiger partial charge in [0.1, 0.15) is 5.75 Å². The summed E-state index contributed by atoms with van der Waals surface area (Å²) in [5, 5.41) is 0. The number of rotatable bonds is 9. The lowest BCUT2D eigenvalue weighted by Crippen LogP contribution is -3.11. The number of nitrogens with one attached hydrogen (secondary N) is 1. The number of hydrogen-bond donors (Lipinski definition) is 1. The monoisotopic (exact) mass is 314 g/mol. The van der Waals surface area contributed by atoms with Crippen LogP contribution in [0.3, 0.4) is 0 Å². The van der Waals surface area contributed by atoms with Crippen LogP contribution in [0.1, 0.15) is 33.1 Å². The summed E-state index contributed by atoms with van der Waals surface area (Å²) in [5.74, 6) is 0.951. The first-order chi connectivity index (χ1) is 8.77. The van der Waals surface area contributed by atoms with Gasteiger partial charge in [0.25, 0.3) is 0 Å². The molecule has 102 valence electrons. The van der Waals surface area contributed by atoms with E-state index in [2.05, 4.69) is 29.8 Å². The largest absolute Gasteiger partial charge is 0.492 e. The quantitative estimate of drug-likeness (QED) is 0.692. The molecule has 0 fully saturated rings. The molecule has 0 aliphatic heterocycles. The molecule has 0 heterocycles. The van der Waals surface area contributed by atoms with Crippen molar-refractivity contribution < 1.29 is 9.64 Å². The van der Waals surface area contributed by atoms with E-state index in [1.807, 2.05) is 24.3 Å². The van der Waals surface area contributed by atoms with Crippen molar-refractivity contribution in [3.8, 4) is 5.75 Å². The van der Waals surface area contributed by atoms with Gasteiger partial charge in [-0.1, -0.05) is 12.1 Å². The molecule has 0 saturated carbocycles. The van der Waals surface area contributed by atoms with Crippen LogP contribution >= 0.6 is 15.9 Å². The summed E-state index contributed by atoms with van der Waals surface area (Å²) in [6.45, 7) is 9.11. The van der Waals surface area contributed by atoms with E-state index < -0.39 is 0 Å². The van der Waals surface area contributed by atoms with Gasteiger partial charge in [-0.25, -0.2) is 0 Å². The molecule has 0 unspecified atom stereocenters. The second-order valence-corrected chi connectivity index (χ2v) is 5.40. The molecular weight excluding hydrogens is 290 g/mol. The normalized spacial score (nSPS) is 10.9. The number of para-hydroxylation sites is 1. The van der Waals surface area contributed by atoms with Crippen molar-refractivity contribution in [2.75, 3.05) is 26.2 Å². The fourth-order valence-corrected chi connectivity index (χ4v) is 2.40. The van der Waals surface area contributed by atoms with Crippen LogP contribution in [0.15, 0.2) is 28.7 Å². The molecular formula is C15H25BrNO+. The van der Waals surface area contributed by atoms with E-state index in [1.54, 1.807) is 4.90 Å². The highest BCUT2D eigenvalue weighted by Gasteiger charge is 2.02. The zero-order valence-electron chi connectivity index (χ0n) is 11.5. The van der Waals surface area contributed by atoms with Gasteiger partial charge in [0.2, 0.25) is 0 Å². The second kappa shape index (κ2) is 9.40. The molecule has 0 atom stereocenters. The van der Waals surface area contributed by atoms with Crippen molar-refractivity contribution in [1.29, 1.82) is 0 Å². The maximum absolute atomic E-state index is 5.74. The van der Waals surface area contributed by atoms with Crippen LogP contribution < -0.4 is 9.64 Å². The summed E-state index contributed by atoms with van der Waals surface area (Å²) in [6.07, 6.45) is 3.70. The van der Waals surface area contributed by atoms with Gasteiger partial charge in [-0.3, -0.25) is 0 Å². The predicted octanol–water partition coefficient (Wildman–Crippen LogP) is 2.92. The van der Waals surface area contributed by atoms with Crippen LogP contribution in [-0.4, -0.2) is 26.2 Å². The molecule has 0 saturated heterocycles. The van der Waals surface area contributed by atoms with E-state index >= 15 is 0 Å². The lowest BCUT2D eigenvalue weighted by atomic mass is 10.2. The molecule has 1 N–H and O–H groups in total. The van der Waals surface area contributed by atoms with Gasteiger partial charge in [0, 0.05) is 0 Å². The molecule has 1 rings (SSSR count). The SMILES string of the molecule is CC[NH+](CC)CCCCCOc1ccccc1Br. The molecule has 0 bridgehead atoms. The molecule has 3 heteroatoms. The van der Waals surface area contributed by atoms with E-state index in [-0.39, 0.29) is 0 Å². The summed E-state index contributed by atoms with van der Waals surface area (Å²) >= 11 is 3.49. The van der Waals surface area contributed by atoms with Crippen molar-refractivity contribution in [1.82, 2.24) is 0 Å². The number of benzene rings is 1. The molecule has 1 aromatic rings. The van der Waals surface area contributed by atoms with E-state index in [0.29, 0.717) is 0 Å². The zero-order valence-corrected chi connectivity index (χ0v) is 13.1. The number of unbranched alkanes of at least 4 members (excludes halogenated alkanes) is 2. The third kappa shape index (κ3) is 5.87. The minimum absolute atomic E-state index is 0.816. The Morgan fingerprint density at radius 1 is 1.06 bits per heavy atom. The highest BCUT2D eigenvalue weighted by molar-refractivity contribution is 9.10. The molecule has 0 aliphatic rings. The fourth-order valence-electron chi connectivity index (χ4n) is 2.00. The van der Waals surface area contributed by atoms with E-state index in [1.165, 1.54) is 32.5 Å². The van der Waals surface area contributed by atoms with Crippen LogP contribution in [0, 0.1) is 0 Å². The summed E-state index contributed by atoms with van der Waals surface area (Å²) in [7, 11) is 0. The molecule has 1 aromatic carbocycles. The average molecular weight is 315 g/mol. The third-order valence-corrected chi connectivity index (χ3v) is 3.92. The Morgan fingerprint density at radius 3 is 2.44 bits per heavy atom. The first-order valence-corrected chi connectivity index (χ1v) is 7.78. The summed E-state index contributed by atoms with van der Waals surface area (Å²) in [5.41, 5.74) is 0. The Bertz CT molecular complexity index is 326. The van der Waals surface area contributed by atoms with Crippen LogP contribution in [0.25, 0.3) is 0 Å². The summed E-state index contributed by atoms with van der Waals surface area (Å²) in [4.78, 5) is 1.70. The van der Waals surface area contributed by atoms with Crippen molar-refractivity contribution in [2.24, 2.45) is 0 Å². The zero-order chi connectivity index (χ0) is 13.2. The van der Waals surface area contributed by atoms with Crippen LogP contribution in [0.4, 0.5) is 0 Å². The van der Waals surface area contributed by atoms with Crippen LogP contribution in [-0.2, 0) is 0 Å². The fraction of sp³-hybridized carbons (Fsp3) is 0.600. The number of ether oxygens (including phenoxy) is 1. The van der Waals surface area contributed by atoms with Crippen LogP contribution in [0.2, 0.25) is 0 Å². The molecule has 0 amide bonds. The summed E-state index contributed by atoms with van der Waals surface area (Å²) < 4.78 is 6.78. The third-order valence-electron chi connectivity index (χ3n) is 3.27. The lowest BCUT2D eigenvalue weighted by molar-refractivity contribution is -0.896.